The third kappa shape index (κ3) is 4.84. The molecule has 0 fully saturated rings. The Morgan fingerprint density at radius 1 is 1.16 bits per heavy atom. The molecule has 8 heteroatoms. The first kappa shape index (κ1) is 19.5. The molecule has 0 spiro atoms. The number of hydrogen-bond acceptors (Lipinski definition) is 4. The molecule has 0 amide bonds. The molecule has 0 aliphatic carbocycles. The van der Waals surface area contributed by atoms with E-state index in [9.17, 15) is 14.9 Å². The topological polar surface area (TPSA) is 69.4 Å². The summed E-state index contributed by atoms with van der Waals surface area (Å²) < 4.78 is 3.83. The highest BCUT2D eigenvalue weighted by molar-refractivity contribution is 6.68. The Bertz CT molecular complexity index is 801. The first-order valence-electron chi connectivity index (χ1n) is 7.23. The molecular formula is C17H14Cl3NO4. The molecule has 0 aromatic heterocycles. The average Bonchev–Trinajstić information content (AvgIpc) is 2.55. The molecule has 0 saturated carbocycles. The minimum absolute atomic E-state index is 0.106. The highest BCUT2D eigenvalue weighted by Gasteiger charge is 2.31. The van der Waals surface area contributed by atoms with Crippen LogP contribution in [0.25, 0.3) is 0 Å². The van der Waals surface area contributed by atoms with Gasteiger partial charge in [0.1, 0.15) is 5.75 Å². The lowest BCUT2D eigenvalue weighted by molar-refractivity contribution is -0.384. The van der Waals surface area contributed by atoms with Gasteiger partial charge in [-0.25, -0.2) is 4.79 Å². The van der Waals surface area contributed by atoms with E-state index in [-0.39, 0.29) is 11.3 Å². The molecule has 0 N–H and O–H groups in total. The molecule has 25 heavy (non-hydrogen) atoms. The minimum atomic E-state index is -1.49. The summed E-state index contributed by atoms with van der Waals surface area (Å²) in [5.74, 6) is -0.744. The van der Waals surface area contributed by atoms with Crippen molar-refractivity contribution < 1.29 is 14.5 Å². The molecule has 0 radical (unpaired) electrons. The van der Waals surface area contributed by atoms with Gasteiger partial charge < -0.3 is 4.74 Å². The van der Waals surface area contributed by atoms with Crippen molar-refractivity contribution >= 4 is 46.5 Å². The Hall–Kier alpha value is -1.82. The Labute approximate surface area is 159 Å². The zero-order chi connectivity index (χ0) is 18.8. The van der Waals surface area contributed by atoms with Crippen molar-refractivity contribution in [1.82, 2.24) is 0 Å². The Morgan fingerprint density at radius 3 is 2.28 bits per heavy atom. The van der Waals surface area contributed by atoms with Crippen LogP contribution < -0.4 is 4.74 Å². The van der Waals surface area contributed by atoms with Gasteiger partial charge in [-0.05, 0) is 42.3 Å². The molecule has 5 nitrogen and oxygen atoms in total. The number of nitrogens with zero attached hydrogens (tertiary/aromatic N) is 1. The van der Waals surface area contributed by atoms with Crippen molar-refractivity contribution in [2.45, 2.75) is 23.6 Å². The highest BCUT2D eigenvalue weighted by atomic mass is 35.6. The largest absolute Gasteiger partial charge is 0.423 e. The zero-order valence-corrected chi connectivity index (χ0v) is 15.6. The van der Waals surface area contributed by atoms with Crippen LogP contribution in [-0.4, -0.2) is 14.7 Å². The molecule has 0 heterocycles. The first-order valence-corrected chi connectivity index (χ1v) is 8.37. The Kier molecular flexibility index (Phi) is 5.93. The number of halogens is 3. The SMILES string of the molecule is Cc1ccc(OC(=O)c2ccc([N+](=O)[O-])cc2)cc1C(C)C(Cl)(Cl)Cl. The van der Waals surface area contributed by atoms with Crippen molar-refractivity contribution in [2.75, 3.05) is 0 Å². The van der Waals surface area contributed by atoms with Crippen LogP contribution in [0.3, 0.4) is 0 Å². The maximum atomic E-state index is 12.2. The third-order valence-corrected chi connectivity index (χ3v) is 4.71. The van der Waals surface area contributed by atoms with Crippen LogP contribution >= 0.6 is 34.8 Å². The van der Waals surface area contributed by atoms with E-state index in [4.69, 9.17) is 39.5 Å². The van der Waals surface area contributed by atoms with E-state index in [0.717, 1.165) is 11.1 Å². The van der Waals surface area contributed by atoms with E-state index in [1.54, 1.807) is 25.1 Å². The predicted octanol–water partition coefficient (Wildman–Crippen LogP) is 5.60. The van der Waals surface area contributed by atoms with Gasteiger partial charge >= 0.3 is 5.97 Å². The van der Waals surface area contributed by atoms with Gasteiger partial charge in [-0.3, -0.25) is 10.1 Å². The van der Waals surface area contributed by atoms with Gasteiger partial charge in [0.25, 0.3) is 5.69 Å². The number of carbonyl (C=O) groups is 1. The molecular weight excluding hydrogens is 389 g/mol. The summed E-state index contributed by atoms with van der Waals surface area (Å²) in [5, 5.41) is 10.6. The van der Waals surface area contributed by atoms with E-state index in [1.807, 2.05) is 6.92 Å². The second-order valence-electron chi connectivity index (χ2n) is 5.48. The third-order valence-electron chi connectivity index (χ3n) is 3.73. The van der Waals surface area contributed by atoms with Crippen molar-refractivity contribution in [3.63, 3.8) is 0 Å². The molecule has 1 atom stereocenters. The average molecular weight is 403 g/mol. The standard InChI is InChI=1S/C17H14Cl3NO4/c1-10-3-8-14(9-15(10)11(2)17(18,19)20)25-16(22)12-4-6-13(7-5-12)21(23)24/h3-9,11H,1-2H3. The number of benzene rings is 2. The second kappa shape index (κ2) is 7.60. The van der Waals surface area contributed by atoms with Gasteiger partial charge in [-0.15, -0.1) is 0 Å². The van der Waals surface area contributed by atoms with E-state index in [2.05, 4.69) is 0 Å². The molecule has 2 aromatic rings. The number of esters is 1. The van der Waals surface area contributed by atoms with Crippen LogP contribution in [0, 0.1) is 17.0 Å². The van der Waals surface area contributed by atoms with Crippen molar-refractivity contribution in [3.05, 3.63) is 69.3 Å². The summed E-state index contributed by atoms with van der Waals surface area (Å²) in [5.41, 5.74) is 1.73. The summed E-state index contributed by atoms with van der Waals surface area (Å²) in [6.45, 7) is 3.63. The maximum Gasteiger partial charge on any atom is 0.343 e. The van der Waals surface area contributed by atoms with Gasteiger partial charge in [0.05, 0.1) is 10.5 Å². The van der Waals surface area contributed by atoms with Crippen molar-refractivity contribution in [3.8, 4) is 5.75 Å². The summed E-state index contributed by atoms with van der Waals surface area (Å²) >= 11 is 17.9. The summed E-state index contributed by atoms with van der Waals surface area (Å²) in [4.78, 5) is 22.3. The number of ether oxygens (including phenoxy) is 1. The van der Waals surface area contributed by atoms with E-state index >= 15 is 0 Å². The normalized spacial score (nSPS) is 12.5. The Morgan fingerprint density at radius 2 is 1.76 bits per heavy atom. The fraction of sp³-hybridized carbons (Fsp3) is 0.235. The lowest BCUT2D eigenvalue weighted by Crippen LogP contribution is -2.15. The van der Waals surface area contributed by atoms with Gasteiger partial charge in [-0.2, -0.15) is 0 Å². The second-order valence-corrected chi connectivity index (χ2v) is 7.84. The number of nitro groups is 1. The number of alkyl halides is 3. The van der Waals surface area contributed by atoms with E-state index in [1.165, 1.54) is 24.3 Å². The lowest BCUT2D eigenvalue weighted by Gasteiger charge is -2.22. The van der Waals surface area contributed by atoms with E-state index in [0.29, 0.717) is 5.75 Å². The van der Waals surface area contributed by atoms with Gasteiger partial charge in [-0.1, -0.05) is 47.8 Å². The van der Waals surface area contributed by atoms with Crippen LogP contribution in [0.5, 0.6) is 5.75 Å². The lowest BCUT2D eigenvalue weighted by atomic mass is 9.97. The van der Waals surface area contributed by atoms with Crippen LogP contribution in [0.15, 0.2) is 42.5 Å². The molecule has 1 unspecified atom stereocenters. The first-order chi connectivity index (χ1) is 11.6. The van der Waals surface area contributed by atoms with Crippen LogP contribution in [-0.2, 0) is 0 Å². The van der Waals surface area contributed by atoms with Crippen LogP contribution in [0.4, 0.5) is 5.69 Å². The van der Waals surface area contributed by atoms with Gasteiger partial charge in [0.2, 0.25) is 0 Å². The van der Waals surface area contributed by atoms with Gasteiger partial charge in [0.15, 0.2) is 3.79 Å². The number of hydrogen-bond donors (Lipinski definition) is 0. The van der Waals surface area contributed by atoms with E-state index < -0.39 is 20.6 Å². The van der Waals surface area contributed by atoms with Gasteiger partial charge in [0, 0.05) is 18.1 Å². The quantitative estimate of drug-likeness (QED) is 0.219. The molecule has 0 bridgehead atoms. The number of carbonyl (C=O) groups excluding carboxylic acids is 1. The zero-order valence-electron chi connectivity index (χ0n) is 13.3. The fourth-order valence-corrected chi connectivity index (χ4v) is 2.56. The highest BCUT2D eigenvalue weighted by Crippen LogP contribution is 2.42. The number of nitro benzene ring substituents is 1. The number of non-ortho nitro benzene ring substituents is 1. The summed E-state index contributed by atoms with van der Waals surface area (Å²) in [7, 11) is 0. The molecule has 0 aliphatic heterocycles. The molecule has 2 aromatic carbocycles. The molecule has 132 valence electrons. The van der Waals surface area contributed by atoms with Crippen molar-refractivity contribution in [2.24, 2.45) is 0 Å². The van der Waals surface area contributed by atoms with Crippen molar-refractivity contribution in [1.29, 1.82) is 0 Å². The summed E-state index contributed by atoms with van der Waals surface area (Å²) in [6, 6.07) is 10.2. The minimum Gasteiger partial charge on any atom is -0.423 e. The number of aryl methyl sites for hydroxylation is 1. The molecule has 2 rings (SSSR count). The maximum absolute atomic E-state index is 12.2. The molecule has 0 saturated heterocycles. The number of rotatable bonds is 4. The van der Waals surface area contributed by atoms with Crippen LogP contribution in [0.2, 0.25) is 0 Å². The molecule has 0 aliphatic rings. The smallest absolute Gasteiger partial charge is 0.343 e. The monoisotopic (exact) mass is 401 g/mol. The Balaban J connectivity index is 2.22. The fourth-order valence-electron chi connectivity index (χ4n) is 2.21. The predicted molar refractivity (Wildman–Crippen MR) is 97.9 cm³/mol. The summed E-state index contributed by atoms with van der Waals surface area (Å²) in [6.07, 6.45) is 0. The van der Waals surface area contributed by atoms with Crippen LogP contribution in [0.1, 0.15) is 34.3 Å².